The molecule has 0 spiro atoms. The molecule has 34 heavy (non-hydrogen) atoms. The van der Waals surface area contributed by atoms with E-state index in [0.717, 1.165) is 38.8 Å². The van der Waals surface area contributed by atoms with Crippen LogP contribution in [0.4, 0.5) is 0 Å². The van der Waals surface area contributed by atoms with Crippen molar-refractivity contribution >= 4 is 5.91 Å². The average Bonchev–Trinajstić information content (AvgIpc) is 3.45. The first-order chi connectivity index (χ1) is 16.1. The molecule has 5 atom stereocenters. The molecule has 5 rings (SSSR count). The van der Waals surface area contributed by atoms with Crippen LogP contribution in [0.25, 0.3) is 0 Å². The Morgan fingerprint density at radius 3 is 2.56 bits per heavy atom. The van der Waals surface area contributed by atoms with Crippen LogP contribution >= 0.6 is 0 Å². The van der Waals surface area contributed by atoms with Crippen molar-refractivity contribution in [1.29, 1.82) is 5.26 Å². The minimum Gasteiger partial charge on any atom is -0.343 e. The molecule has 10 nitrogen and oxygen atoms in total. The second kappa shape index (κ2) is 8.96. The molecule has 5 heterocycles. The fraction of sp³-hybridized carbons (Fsp3) is 0.917. The summed E-state index contributed by atoms with van der Waals surface area (Å²) in [6.07, 6.45) is 2.77. The van der Waals surface area contributed by atoms with Crippen LogP contribution in [-0.2, 0) is 28.5 Å². The minimum atomic E-state index is -0.896. The summed E-state index contributed by atoms with van der Waals surface area (Å²) in [5.74, 6) is -2.31. The van der Waals surface area contributed by atoms with E-state index in [1.807, 2.05) is 27.7 Å². The van der Waals surface area contributed by atoms with E-state index in [-0.39, 0.29) is 36.3 Å². The molecule has 1 amide bonds. The van der Waals surface area contributed by atoms with Gasteiger partial charge in [0.25, 0.3) is 0 Å². The number of piperidine rings is 1. The zero-order chi connectivity index (χ0) is 24.1. The molecular formula is C24H38N4O6. The van der Waals surface area contributed by atoms with Crippen molar-refractivity contribution < 1.29 is 28.5 Å². The maximum atomic E-state index is 12.5. The molecule has 5 aliphatic rings. The number of fused-ring (bicyclic) bond motifs is 3. The van der Waals surface area contributed by atoms with Gasteiger partial charge in [-0.05, 0) is 66.5 Å². The number of amides is 1. The van der Waals surface area contributed by atoms with Crippen molar-refractivity contribution in [3.05, 3.63) is 0 Å². The highest BCUT2D eigenvalue weighted by atomic mass is 16.9. The van der Waals surface area contributed by atoms with Crippen LogP contribution in [0.15, 0.2) is 0 Å². The molecule has 5 aliphatic heterocycles. The molecule has 0 bridgehead atoms. The summed E-state index contributed by atoms with van der Waals surface area (Å²) in [5.41, 5.74) is 0. The van der Waals surface area contributed by atoms with E-state index in [1.54, 1.807) is 4.90 Å². The Kier molecular flexibility index (Phi) is 6.43. The van der Waals surface area contributed by atoms with Crippen LogP contribution in [0, 0.1) is 11.3 Å². The second-order valence-corrected chi connectivity index (χ2v) is 11.1. The Morgan fingerprint density at radius 2 is 1.82 bits per heavy atom. The smallest absolute Gasteiger partial charge is 0.237 e. The van der Waals surface area contributed by atoms with E-state index in [4.69, 9.17) is 23.7 Å². The molecule has 10 heteroatoms. The van der Waals surface area contributed by atoms with Gasteiger partial charge >= 0.3 is 0 Å². The third-order valence-corrected chi connectivity index (χ3v) is 7.57. The number of hydrogen-bond acceptors (Lipinski definition) is 9. The highest BCUT2D eigenvalue weighted by molar-refractivity contribution is 5.79. The van der Waals surface area contributed by atoms with E-state index < -0.39 is 17.4 Å². The summed E-state index contributed by atoms with van der Waals surface area (Å²) < 4.78 is 31.3. The number of carbonyl (C=O) groups excluding carboxylic acids is 1. The molecule has 0 unspecified atom stereocenters. The lowest BCUT2D eigenvalue weighted by molar-refractivity contribution is -0.287. The van der Waals surface area contributed by atoms with Crippen LogP contribution in [0.2, 0.25) is 0 Å². The zero-order valence-corrected chi connectivity index (χ0v) is 20.7. The third kappa shape index (κ3) is 4.72. The van der Waals surface area contributed by atoms with Gasteiger partial charge in [0, 0.05) is 12.6 Å². The fourth-order valence-corrected chi connectivity index (χ4v) is 6.10. The van der Waals surface area contributed by atoms with Gasteiger partial charge < -0.3 is 33.9 Å². The number of nitrogens with zero attached hydrogens (tertiary/aromatic N) is 3. The Bertz CT molecular complexity index is 823. The Balaban J connectivity index is 1.15. The Morgan fingerprint density at radius 1 is 1.06 bits per heavy atom. The molecule has 190 valence electrons. The van der Waals surface area contributed by atoms with Crippen LogP contribution in [0.1, 0.15) is 53.4 Å². The third-order valence-electron chi connectivity index (χ3n) is 7.57. The first-order valence-corrected chi connectivity index (χ1v) is 12.6. The predicted molar refractivity (Wildman–Crippen MR) is 120 cm³/mol. The summed E-state index contributed by atoms with van der Waals surface area (Å²) >= 11 is 0. The summed E-state index contributed by atoms with van der Waals surface area (Å²) in [7, 11) is 0. The quantitative estimate of drug-likeness (QED) is 0.618. The van der Waals surface area contributed by atoms with E-state index >= 15 is 0 Å². The standard InChI is InChI=1S/C24H38N4O6/c1-22(2)31-18-14-30-24(21(20(18)32-22)33-23(3,4)34-24)15-27-10-7-16(8-11-27)26-13-19(29)28-9-5-6-17(28)12-25/h16-18,20-21,26H,5-11,13-15H2,1-4H3/t17-,18+,20+,21-,24-/m0/s1. The zero-order valence-electron chi connectivity index (χ0n) is 20.7. The van der Waals surface area contributed by atoms with Crippen molar-refractivity contribution in [3.63, 3.8) is 0 Å². The number of nitrogens with one attached hydrogen (secondary N) is 1. The summed E-state index contributed by atoms with van der Waals surface area (Å²) in [6.45, 7) is 11.4. The minimum absolute atomic E-state index is 0.0267. The van der Waals surface area contributed by atoms with Crippen LogP contribution in [0.5, 0.6) is 0 Å². The SMILES string of the molecule is CC1(C)O[C@@H]2[C@@H](CO[C@@]3(CN4CCC(NCC(=O)N5CCC[C@H]5C#N)CC4)OC(C)(C)O[C@@H]23)O1. The van der Waals surface area contributed by atoms with Gasteiger partial charge in [0.05, 0.1) is 25.8 Å². The van der Waals surface area contributed by atoms with Crippen molar-refractivity contribution in [2.75, 3.05) is 39.3 Å². The van der Waals surface area contributed by atoms with E-state index in [2.05, 4.69) is 16.3 Å². The number of nitriles is 1. The summed E-state index contributed by atoms with van der Waals surface area (Å²) in [4.78, 5) is 16.6. The lowest BCUT2D eigenvalue weighted by atomic mass is 9.95. The summed E-state index contributed by atoms with van der Waals surface area (Å²) in [6, 6.07) is 2.25. The maximum absolute atomic E-state index is 12.5. The fourth-order valence-electron chi connectivity index (χ4n) is 6.10. The van der Waals surface area contributed by atoms with Gasteiger partial charge in [-0.3, -0.25) is 9.69 Å². The van der Waals surface area contributed by atoms with Gasteiger partial charge in [-0.15, -0.1) is 0 Å². The van der Waals surface area contributed by atoms with Crippen molar-refractivity contribution in [2.24, 2.45) is 0 Å². The molecule has 0 radical (unpaired) electrons. The second-order valence-electron chi connectivity index (χ2n) is 11.1. The highest BCUT2D eigenvalue weighted by Crippen LogP contribution is 2.47. The Hall–Kier alpha value is -1.32. The number of ether oxygens (including phenoxy) is 5. The largest absolute Gasteiger partial charge is 0.343 e. The number of rotatable bonds is 5. The molecule has 5 saturated heterocycles. The van der Waals surface area contributed by atoms with Crippen molar-refractivity contribution in [2.45, 2.75) is 101 Å². The van der Waals surface area contributed by atoms with Gasteiger partial charge in [0.1, 0.15) is 24.4 Å². The van der Waals surface area contributed by atoms with Gasteiger partial charge in [0.2, 0.25) is 11.7 Å². The molecular weight excluding hydrogens is 440 g/mol. The molecule has 0 aromatic carbocycles. The van der Waals surface area contributed by atoms with E-state index in [0.29, 0.717) is 26.2 Å². The number of hydrogen-bond donors (Lipinski definition) is 1. The van der Waals surface area contributed by atoms with Crippen molar-refractivity contribution in [1.82, 2.24) is 15.1 Å². The van der Waals surface area contributed by atoms with Gasteiger partial charge in [-0.25, -0.2) is 0 Å². The van der Waals surface area contributed by atoms with Crippen LogP contribution in [0.3, 0.4) is 0 Å². The lowest BCUT2D eigenvalue weighted by Crippen LogP contribution is -2.63. The molecule has 0 saturated carbocycles. The van der Waals surface area contributed by atoms with Crippen LogP contribution < -0.4 is 5.32 Å². The number of carbonyl (C=O) groups is 1. The van der Waals surface area contributed by atoms with Gasteiger partial charge in [0.15, 0.2) is 11.6 Å². The molecule has 1 N–H and O–H groups in total. The predicted octanol–water partition coefficient (Wildman–Crippen LogP) is 0.953. The maximum Gasteiger partial charge on any atom is 0.237 e. The first kappa shape index (κ1) is 24.4. The average molecular weight is 479 g/mol. The van der Waals surface area contributed by atoms with Crippen molar-refractivity contribution in [3.8, 4) is 6.07 Å². The molecule has 0 aromatic heterocycles. The normalized spacial score (nSPS) is 39.6. The first-order valence-electron chi connectivity index (χ1n) is 12.6. The molecule has 5 fully saturated rings. The van der Waals surface area contributed by atoms with Crippen LogP contribution in [-0.4, -0.2) is 103 Å². The van der Waals surface area contributed by atoms with Gasteiger partial charge in [-0.1, -0.05) is 0 Å². The Labute approximate surface area is 201 Å². The van der Waals surface area contributed by atoms with Gasteiger partial charge in [-0.2, -0.15) is 5.26 Å². The van der Waals surface area contributed by atoms with E-state index in [9.17, 15) is 10.1 Å². The molecule has 0 aromatic rings. The summed E-state index contributed by atoms with van der Waals surface area (Å²) in [5, 5.41) is 12.6. The lowest BCUT2D eigenvalue weighted by Gasteiger charge is -2.44. The monoisotopic (exact) mass is 478 g/mol. The molecule has 0 aliphatic carbocycles. The highest BCUT2D eigenvalue weighted by Gasteiger charge is 2.65. The topological polar surface area (TPSA) is 106 Å². The number of likely N-dealkylation sites (tertiary alicyclic amines) is 2. The van der Waals surface area contributed by atoms with E-state index in [1.165, 1.54) is 0 Å².